The average Bonchev–Trinajstić information content (AvgIpc) is 2.19. The van der Waals surface area contributed by atoms with Gasteiger partial charge in [0.2, 0.25) is 0 Å². The average molecular weight is 199 g/mol. The maximum atomic E-state index is 11.0. The van der Waals surface area contributed by atoms with Crippen molar-refractivity contribution in [3.05, 3.63) is 29.8 Å². The predicted octanol–water partition coefficient (Wildman–Crippen LogP) is 2.05. The number of Topliss-reactive ketones (excluding diaryl/α,β-unsaturated/α-hetero) is 1. The van der Waals surface area contributed by atoms with Crippen molar-refractivity contribution in [3.63, 3.8) is 0 Å². The van der Waals surface area contributed by atoms with Gasteiger partial charge in [-0.2, -0.15) is 0 Å². The highest BCUT2D eigenvalue weighted by Gasteiger charge is 2.01. The number of alkyl halides is 1. The number of ether oxygens (including phenoxy) is 1. The van der Waals surface area contributed by atoms with E-state index in [0.717, 1.165) is 11.3 Å². The number of carbonyl (C=O) groups excluding carboxylic acids is 1. The van der Waals surface area contributed by atoms with Gasteiger partial charge >= 0.3 is 0 Å². The van der Waals surface area contributed by atoms with Crippen molar-refractivity contribution in [1.82, 2.24) is 0 Å². The minimum absolute atomic E-state index is 0.0341. The molecule has 0 fully saturated rings. The number of carbonyl (C=O) groups is 1. The first kappa shape index (κ1) is 10.1. The zero-order valence-corrected chi connectivity index (χ0v) is 8.17. The van der Waals surface area contributed by atoms with E-state index < -0.39 is 0 Å². The molecule has 1 rings (SSSR count). The van der Waals surface area contributed by atoms with Crippen LogP contribution in [0.4, 0.5) is 0 Å². The second-order valence-corrected chi connectivity index (χ2v) is 2.96. The maximum absolute atomic E-state index is 11.0. The Morgan fingerprint density at radius 1 is 1.38 bits per heavy atom. The predicted molar refractivity (Wildman–Crippen MR) is 52.4 cm³/mol. The molecule has 1 aromatic rings. The van der Waals surface area contributed by atoms with Gasteiger partial charge in [0, 0.05) is 6.42 Å². The van der Waals surface area contributed by atoms with E-state index in [1.165, 1.54) is 0 Å². The normalized spacial score (nSPS) is 9.69. The van der Waals surface area contributed by atoms with E-state index in [4.69, 9.17) is 16.3 Å². The van der Waals surface area contributed by atoms with Crippen molar-refractivity contribution in [2.24, 2.45) is 0 Å². The Morgan fingerprint density at radius 3 is 2.46 bits per heavy atom. The van der Waals surface area contributed by atoms with Gasteiger partial charge in [-0.15, -0.1) is 11.6 Å². The van der Waals surface area contributed by atoms with E-state index >= 15 is 0 Å². The number of hydrogen-bond acceptors (Lipinski definition) is 2. The Hall–Kier alpha value is -1.02. The van der Waals surface area contributed by atoms with Crippen LogP contribution in [0.3, 0.4) is 0 Å². The summed E-state index contributed by atoms with van der Waals surface area (Å²) in [6.45, 7) is 0. The van der Waals surface area contributed by atoms with E-state index in [1.807, 2.05) is 24.3 Å². The lowest BCUT2D eigenvalue weighted by atomic mass is 10.1. The monoisotopic (exact) mass is 198 g/mol. The number of halogens is 1. The standard InChI is InChI=1S/C10H11ClO2/c1-13-10-4-2-8(3-5-10)6-9(12)7-11/h2-5H,6-7H2,1H3. The van der Waals surface area contributed by atoms with Crippen molar-refractivity contribution in [1.29, 1.82) is 0 Å². The second-order valence-electron chi connectivity index (χ2n) is 2.70. The molecule has 2 nitrogen and oxygen atoms in total. The molecule has 0 unspecified atom stereocenters. The molecule has 70 valence electrons. The highest BCUT2D eigenvalue weighted by Crippen LogP contribution is 2.11. The zero-order valence-electron chi connectivity index (χ0n) is 7.42. The summed E-state index contributed by atoms with van der Waals surface area (Å²) < 4.78 is 4.99. The van der Waals surface area contributed by atoms with Gasteiger partial charge in [0.1, 0.15) is 5.75 Å². The summed E-state index contributed by atoms with van der Waals surface area (Å²) in [5, 5.41) is 0. The van der Waals surface area contributed by atoms with Gasteiger partial charge in [-0.25, -0.2) is 0 Å². The molecule has 0 amide bonds. The summed E-state index contributed by atoms with van der Waals surface area (Å²) in [6, 6.07) is 7.39. The first-order valence-corrected chi connectivity index (χ1v) is 4.50. The molecule has 1 aromatic carbocycles. The van der Waals surface area contributed by atoms with Crippen molar-refractivity contribution in [2.75, 3.05) is 13.0 Å². The van der Waals surface area contributed by atoms with E-state index in [2.05, 4.69) is 0 Å². The molecule has 0 aliphatic carbocycles. The van der Waals surface area contributed by atoms with Crippen LogP contribution in [0.15, 0.2) is 24.3 Å². The molecular weight excluding hydrogens is 188 g/mol. The van der Waals surface area contributed by atoms with Gasteiger partial charge in [-0.3, -0.25) is 4.79 Å². The number of rotatable bonds is 4. The van der Waals surface area contributed by atoms with E-state index in [9.17, 15) is 4.79 Å². The lowest BCUT2D eigenvalue weighted by Crippen LogP contribution is -2.03. The number of ketones is 1. The van der Waals surface area contributed by atoms with Crippen LogP contribution in [0, 0.1) is 0 Å². The maximum Gasteiger partial charge on any atom is 0.151 e. The summed E-state index contributed by atoms with van der Waals surface area (Å²) in [5.74, 6) is 0.903. The van der Waals surface area contributed by atoms with Crippen LogP contribution < -0.4 is 4.74 Å². The summed E-state index contributed by atoms with van der Waals surface area (Å²) >= 11 is 5.39. The Morgan fingerprint density at radius 2 is 2.00 bits per heavy atom. The number of benzene rings is 1. The highest BCUT2D eigenvalue weighted by atomic mass is 35.5. The quantitative estimate of drug-likeness (QED) is 0.693. The summed E-state index contributed by atoms with van der Waals surface area (Å²) in [5.41, 5.74) is 0.964. The van der Waals surface area contributed by atoms with Gasteiger partial charge in [0.15, 0.2) is 5.78 Å². The Labute approximate surface area is 82.5 Å². The van der Waals surface area contributed by atoms with E-state index in [0.29, 0.717) is 6.42 Å². The molecule has 0 aromatic heterocycles. The third-order valence-corrected chi connectivity index (χ3v) is 2.01. The molecular formula is C10H11ClO2. The molecule has 0 N–H and O–H groups in total. The van der Waals surface area contributed by atoms with Crippen LogP contribution in [0.2, 0.25) is 0 Å². The number of hydrogen-bond donors (Lipinski definition) is 0. The fourth-order valence-electron chi connectivity index (χ4n) is 1.02. The van der Waals surface area contributed by atoms with Crippen molar-refractivity contribution >= 4 is 17.4 Å². The van der Waals surface area contributed by atoms with Gasteiger partial charge in [-0.1, -0.05) is 12.1 Å². The minimum Gasteiger partial charge on any atom is -0.497 e. The van der Waals surface area contributed by atoms with Gasteiger partial charge in [0.05, 0.1) is 13.0 Å². The molecule has 0 saturated heterocycles. The van der Waals surface area contributed by atoms with Crippen LogP contribution in [0.25, 0.3) is 0 Å². The molecule has 0 saturated carbocycles. The molecule has 3 heteroatoms. The van der Waals surface area contributed by atoms with Crippen molar-refractivity contribution < 1.29 is 9.53 Å². The zero-order chi connectivity index (χ0) is 9.68. The van der Waals surface area contributed by atoms with Crippen molar-refractivity contribution in [3.8, 4) is 5.75 Å². The van der Waals surface area contributed by atoms with E-state index in [1.54, 1.807) is 7.11 Å². The third-order valence-electron chi connectivity index (χ3n) is 1.71. The highest BCUT2D eigenvalue weighted by molar-refractivity contribution is 6.27. The van der Waals surface area contributed by atoms with Crippen LogP contribution in [-0.2, 0) is 11.2 Å². The van der Waals surface area contributed by atoms with E-state index in [-0.39, 0.29) is 11.7 Å². The second kappa shape index (κ2) is 4.87. The first-order valence-electron chi connectivity index (χ1n) is 3.97. The molecule has 0 aliphatic rings. The third kappa shape index (κ3) is 3.07. The summed E-state index contributed by atoms with van der Waals surface area (Å²) in [6.07, 6.45) is 0.396. The van der Waals surface area contributed by atoms with Crippen LogP contribution >= 0.6 is 11.6 Å². The molecule has 0 aliphatic heterocycles. The minimum atomic E-state index is 0.0341. The Kier molecular flexibility index (Phi) is 3.77. The van der Waals surface area contributed by atoms with Crippen LogP contribution in [0.1, 0.15) is 5.56 Å². The van der Waals surface area contributed by atoms with Gasteiger partial charge in [-0.05, 0) is 17.7 Å². The smallest absolute Gasteiger partial charge is 0.151 e. The largest absolute Gasteiger partial charge is 0.497 e. The van der Waals surface area contributed by atoms with Crippen LogP contribution in [-0.4, -0.2) is 18.8 Å². The SMILES string of the molecule is COc1ccc(CC(=O)CCl)cc1. The lowest BCUT2D eigenvalue weighted by molar-refractivity contribution is -0.116. The van der Waals surface area contributed by atoms with Gasteiger partial charge in [0.25, 0.3) is 0 Å². The fourth-order valence-corrected chi connectivity index (χ4v) is 1.11. The lowest BCUT2D eigenvalue weighted by Gasteiger charge is -2.01. The molecule has 0 spiro atoms. The first-order chi connectivity index (χ1) is 6.26. The molecule has 13 heavy (non-hydrogen) atoms. The Balaban J connectivity index is 2.64. The van der Waals surface area contributed by atoms with Crippen LogP contribution in [0.5, 0.6) is 5.75 Å². The summed E-state index contributed by atoms with van der Waals surface area (Å²) in [7, 11) is 1.61. The summed E-state index contributed by atoms with van der Waals surface area (Å²) in [4.78, 5) is 11.0. The fraction of sp³-hybridized carbons (Fsp3) is 0.300. The number of methoxy groups -OCH3 is 1. The molecule has 0 radical (unpaired) electrons. The van der Waals surface area contributed by atoms with Gasteiger partial charge < -0.3 is 4.74 Å². The topological polar surface area (TPSA) is 26.3 Å². The Bertz CT molecular complexity index is 279. The molecule has 0 bridgehead atoms. The molecule has 0 atom stereocenters. The molecule has 0 heterocycles. The van der Waals surface area contributed by atoms with Crippen molar-refractivity contribution in [2.45, 2.75) is 6.42 Å².